The van der Waals surface area contributed by atoms with Gasteiger partial charge in [0, 0.05) is 29.3 Å². The number of methoxy groups -OCH3 is 2. The fourth-order valence-electron chi connectivity index (χ4n) is 4.19. The van der Waals surface area contributed by atoms with E-state index in [1.807, 2.05) is 32.9 Å². The zero-order valence-corrected chi connectivity index (χ0v) is 22.6. The molecule has 10 heteroatoms. The monoisotopic (exact) mass is 533 g/mol. The van der Waals surface area contributed by atoms with Crippen molar-refractivity contribution in [1.29, 1.82) is 0 Å². The van der Waals surface area contributed by atoms with E-state index in [0.717, 1.165) is 0 Å². The molecule has 2 amide bonds. The van der Waals surface area contributed by atoms with Crippen molar-refractivity contribution in [2.45, 2.75) is 45.3 Å². The average Bonchev–Trinajstić information content (AvgIpc) is 3.34. The Morgan fingerprint density at radius 1 is 1.03 bits per heavy atom. The van der Waals surface area contributed by atoms with Gasteiger partial charge < -0.3 is 14.8 Å². The Morgan fingerprint density at radius 2 is 1.67 bits per heavy atom. The van der Waals surface area contributed by atoms with E-state index in [1.54, 1.807) is 36.4 Å². The Labute approximate surface area is 226 Å². The molecule has 3 aromatic carbocycles. The van der Waals surface area contributed by atoms with Crippen LogP contribution in [0.1, 0.15) is 38.8 Å². The first-order chi connectivity index (χ1) is 18.7. The van der Waals surface area contributed by atoms with Crippen LogP contribution in [0.4, 0.5) is 10.1 Å². The van der Waals surface area contributed by atoms with Crippen LogP contribution in [0.3, 0.4) is 0 Å². The maximum atomic E-state index is 15.3. The number of halogens is 1. The fourth-order valence-corrected chi connectivity index (χ4v) is 4.19. The second-order valence-corrected chi connectivity index (χ2v) is 9.72. The summed E-state index contributed by atoms with van der Waals surface area (Å²) in [6.45, 7) is 5.41. The third kappa shape index (κ3) is 6.00. The Morgan fingerprint density at radius 3 is 2.31 bits per heavy atom. The van der Waals surface area contributed by atoms with Crippen molar-refractivity contribution in [3.63, 3.8) is 0 Å². The molecular formula is C29H32FN5O4. The molecule has 0 saturated heterocycles. The first kappa shape index (κ1) is 27.6. The third-order valence-electron chi connectivity index (χ3n) is 6.64. The zero-order valence-electron chi connectivity index (χ0n) is 22.6. The quantitative estimate of drug-likeness (QED) is 0.318. The molecule has 0 fully saturated rings. The van der Waals surface area contributed by atoms with Crippen LogP contribution < -0.4 is 19.7 Å². The summed E-state index contributed by atoms with van der Waals surface area (Å²) >= 11 is 0. The van der Waals surface area contributed by atoms with Crippen molar-refractivity contribution in [2.24, 2.45) is 0 Å². The van der Waals surface area contributed by atoms with Crippen molar-refractivity contribution in [1.82, 2.24) is 20.3 Å². The van der Waals surface area contributed by atoms with E-state index in [9.17, 15) is 9.59 Å². The van der Waals surface area contributed by atoms with Crippen LogP contribution in [-0.4, -0.2) is 46.6 Å². The van der Waals surface area contributed by atoms with Crippen molar-refractivity contribution >= 4 is 28.5 Å². The second-order valence-electron chi connectivity index (χ2n) is 9.72. The number of carbonyl (C=O) groups excluding carboxylic acids is 2. The summed E-state index contributed by atoms with van der Waals surface area (Å²) in [6.07, 6.45) is 0.620. The van der Waals surface area contributed by atoms with Gasteiger partial charge in [-0.3, -0.25) is 14.5 Å². The highest BCUT2D eigenvalue weighted by molar-refractivity contribution is 6.02. The molecule has 0 aliphatic rings. The third-order valence-corrected chi connectivity index (χ3v) is 6.64. The lowest BCUT2D eigenvalue weighted by molar-refractivity contribution is -0.128. The second kappa shape index (κ2) is 11.5. The number of hydrogen-bond acceptors (Lipinski definition) is 6. The molecular weight excluding hydrogens is 501 g/mol. The number of hydrogen-bond donors (Lipinski definition) is 1. The molecule has 1 atom stereocenters. The van der Waals surface area contributed by atoms with Crippen LogP contribution in [0.2, 0.25) is 0 Å². The summed E-state index contributed by atoms with van der Waals surface area (Å²) in [5.41, 5.74) is 0.989. The zero-order chi connectivity index (χ0) is 28.2. The number of carbonyl (C=O) groups is 2. The summed E-state index contributed by atoms with van der Waals surface area (Å²) in [4.78, 5) is 29.4. The number of fused-ring (bicyclic) bond motifs is 1. The van der Waals surface area contributed by atoms with Gasteiger partial charge in [0.05, 0.1) is 25.4 Å². The van der Waals surface area contributed by atoms with Crippen LogP contribution >= 0.6 is 0 Å². The van der Waals surface area contributed by atoms with E-state index in [-0.39, 0.29) is 12.1 Å². The van der Waals surface area contributed by atoms with E-state index >= 15 is 4.39 Å². The molecule has 4 aromatic rings. The van der Waals surface area contributed by atoms with Gasteiger partial charge in [-0.05, 0) is 38.5 Å². The van der Waals surface area contributed by atoms with Crippen LogP contribution in [0.5, 0.6) is 11.5 Å². The Kier molecular flexibility index (Phi) is 8.13. The molecule has 39 heavy (non-hydrogen) atoms. The summed E-state index contributed by atoms with van der Waals surface area (Å²) < 4.78 is 27.7. The van der Waals surface area contributed by atoms with Crippen LogP contribution in [0.15, 0.2) is 66.7 Å². The summed E-state index contributed by atoms with van der Waals surface area (Å²) in [6, 6.07) is 16.7. The number of anilines is 1. The van der Waals surface area contributed by atoms with Crippen molar-refractivity contribution in [2.75, 3.05) is 19.1 Å². The van der Waals surface area contributed by atoms with Crippen molar-refractivity contribution < 1.29 is 23.5 Å². The lowest BCUT2D eigenvalue weighted by Gasteiger charge is -2.35. The minimum atomic E-state index is -1.35. The maximum Gasteiger partial charge on any atom is 0.249 e. The van der Waals surface area contributed by atoms with Gasteiger partial charge in [0.25, 0.3) is 0 Å². The number of ether oxygens (including phenoxy) is 2. The largest absolute Gasteiger partial charge is 0.497 e. The minimum Gasteiger partial charge on any atom is -0.497 e. The highest BCUT2D eigenvalue weighted by atomic mass is 19.1. The van der Waals surface area contributed by atoms with Crippen molar-refractivity contribution in [3.05, 3.63) is 78.1 Å². The van der Waals surface area contributed by atoms with Gasteiger partial charge in [-0.25, -0.2) is 9.07 Å². The summed E-state index contributed by atoms with van der Waals surface area (Å²) in [5, 5.41) is 11.3. The molecule has 9 nitrogen and oxygen atoms in total. The van der Waals surface area contributed by atoms with Gasteiger partial charge >= 0.3 is 0 Å². The fraction of sp³-hybridized carbons (Fsp3) is 0.310. The van der Waals surface area contributed by atoms with Crippen LogP contribution in [0.25, 0.3) is 11.0 Å². The Bertz CT molecular complexity index is 1460. The molecule has 0 saturated carbocycles. The molecule has 0 aliphatic heterocycles. The van der Waals surface area contributed by atoms with E-state index in [0.29, 0.717) is 34.6 Å². The molecule has 1 N–H and O–H groups in total. The number of nitrogens with zero attached hydrogens (tertiary/aromatic N) is 4. The predicted octanol–water partition coefficient (Wildman–Crippen LogP) is 4.67. The van der Waals surface area contributed by atoms with Gasteiger partial charge in [-0.1, -0.05) is 42.5 Å². The Hall–Kier alpha value is -4.47. The van der Waals surface area contributed by atoms with Gasteiger partial charge in [-0.2, -0.15) is 0 Å². The number of aromatic nitrogens is 3. The number of para-hydroxylation sites is 1. The maximum absolute atomic E-state index is 15.3. The highest BCUT2D eigenvalue weighted by Gasteiger charge is 2.37. The van der Waals surface area contributed by atoms with Crippen LogP contribution in [-0.2, 0) is 16.1 Å². The molecule has 0 aliphatic carbocycles. The minimum absolute atomic E-state index is 0.0421. The highest BCUT2D eigenvalue weighted by Crippen LogP contribution is 2.35. The number of rotatable bonds is 10. The van der Waals surface area contributed by atoms with E-state index in [4.69, 9.17) is 9.47 Å². The molecule has 1 aromatic heterocycles. The van der Waals surface area contributed by atoms with E-state index in [2.05, 4.69) is 15.6 Å². The summed E-state index contributed by atoms with van der Waals surface area (Å²) in [7, 11) is 2.97. The smallest absolute Gasteiger partial charge is 0.249 e. The molecule has 0 radical (unpaired) electrons. The molecule has 0 spiro atoms. The van der Waals surface area contributed by atoms with Crippen molar-refractivity contribution in [3.8, 4) is 11.5 Å². The molecule has 4 rings (SSSR count). The Balaban J connectivity index is 1.90. The van der Waals surface area contributed by atoms with Crippen LogP contribution in [0, 0.1) is 5.82 Å². The normalized spacial score (nSPS) is 12.2. The first-order valence-electron chi connectivity index (χ1n) is 12.6. The first-order valence-corrected chi connectivity index (χ1v) is 12.6. The van der Waals surface area contributed by atoms with Gasteiger partial charge in [0.2, 0.25) is 11.8 Å². The molecule has 1 heterocycles. The standard InChI is InChI=1S/C29H32FN5O4/c1-6-29(2,3)31-28(37)27(22-11-7-8-12-23(22)30)35(19-15-20(38-4)17-21(16-19)39-5)26(36)18-34-25-14-10-9-13-24(25)32-33-34/h7-17,27H,6,18H2,1-5H3,(H,31,37)/t27-/m0/s1. The number of amides is 2. The molecule has 0 unspecified atom stereocenters. The number of benzene rings is 3. The average molecular weight is 534 g/mol. The summed E-state index contributed by atoms with van der Waals surface area (Å²) in [5.74, 6) is -0.875. The SMILES string of the molecule is CCC(C)(C)NC(=O)[C@H](c1ccccc1F)N(C(=O)Cn1nnc2ccccc21)c1cc(OC)cc(OC)c1. The van der Waals surface area contributed by atoms with Gasteiger partial charge in [0.1, 0.15) is 35.4 Å². The predicted molar refractivity (Wildman–Crippen MR) is 146 cm³/mol. The van der Waals surface area contributed by atoms with Gasteiger partial charge in [0.15, 0.2) is 0 Å². The molecule has 204 valence electrons. The van der Waals surface area contributed by atoms with E-state index < -0.39 is 29.2 Å². The molecule has 0 bridgehead atoms. The van der Waals surface area contributed by atoms with Gasteiger partial charge in [-0.15, -0.1) is 5.10 Å². The topological polar surface area (TPSA) is 98.6 Å². The van der Waals surface area contributed by atoms with E-state index in [1.165, 1.54) is 42.0 Å². The number of nitrogens with one attached hydrogen (secondary N) is 1. The lowest BCUT2D eigenvalue weighted by atomic mass is 9.97. The lowest BCUT2D eigenvalue weighted by Crippen LogP contribution is -2.51.